The van der Waals surface area contributed by atoms with Gasteiger partial charge in [0.1, 0.15) is 0 Å². The summed E-state index contributed by atoms with van der Waals surface area (Å²) in [6, 6.07) is 2.06. The van der Waals surface area contributed by atoms with Gasteiger partial charge in [0.15, 0.2) is 22.8 Å². The van der Waals surface area contributed by atoms with Crippen LogP contribution in [0.1, 0.15) is 11.9 Å². The first-order valence-electron chi connectivity index (χ1n) is 6.15. The lowest BCUT2D eigenvalue weighted by atomic mass is 9.97. The monoisotopic (exact) mass is 304 g/mol. The summed E-state index contributed by atoms with van der Waals surface area (Å²) in [6.07, 6.45) is -1.59. The summed E-state index contributed by atoms with van der Waals surface area (Å²) in [5.74, 6) is -2.85. The molecule has 112 valence electrons. The molecule has 0 fully saturated rings. The number of phenols is 4. The molecular weight excluding hydrogens is 296 g/mol. The van der Waals surface area contributed by atoms with E-state index in [-0.39, 0.29) is 33.1 Å². The fourth-order valence-electron chi connectivity index (χ4n) is 2.69. The van der Waals surface area contributed by atoms with Crippen LogP contribution in [0.5, 0.6) is 28.7 Å². The van der Waals surface area contributed by atoms with Crippen molar-refractivity contribution in [1.29, 1.82) is 0 Å². The van der Waals surface area contributed by atoms with E-state index in [9.17, 15) is 30.3 Å². The van der Waals surface area contributed by atoms with E-state index < -0.39 is 34.9 Å². The molecular formula is C14H8O8. The van der Waals surface area contributed by atoms with Crippen molar-refractivity contribution in [2.24, 2.45) is 0 Å². The molecule has 0 radical (unpaired) electrons. The maximum atomic E-state index is 12.0. The fraction of sp³-hybridized carbons (Fsp3) is 0.0714. The summed E-state index contributed by atoms with van der Waals surface area (Å²) in [6.45, 7) is 0. The normalized spacial score (nSPS) is 16.3. The van der Waals surface area contributed by atoms with Gasteiger partial charge < -0.3 is 34.7 Å². The second kappa shape index (κ2) is 3.74. The quantitative estimate of drug-likeness (QED) is 0.237. The zero-order valence-corrected chi connectivity index (χ0v) is 10.7. The lowest BCUT2D eigenvalue weighted by Crippen LogP contribution is -2.14. The summed E-state index contributed by atoms with van der Waals surface area (Å²) in [7, 11) is 0. The van der Waals surface area contributed by atoms with Crippen LogP contribution in [0.4, 0.5) is 0 Å². The average Bonchev–Trinajstić information content (AvgIpc) is 2.47. The lowest BCUT2D eigenvalue weighted by molar-refractivity contribution is -0.0207. The predicted molar refractivity (Wildman–Crippen MR) is 72.2 cm³/mol. The maximum Gasteiger partial charge on any atom is 0.344 e. The highest BCUT2D eigenvalue weighted by molar-refractivity contribution is 6.13. The molecule has 22 heavy (non-hydrogen) atoms. The van der Waals surface area contributed by atoms with Crippen LogP contribution in [0.2, 0.25) is 0 Å². The molecule has 0 aliphatic carbocycles. The molecule has 0 bridgehead atoms. The van der Waals surface area contributed by atoms with Crippen molar-refractivity contribution >= 4 is 21.7 Å². The van der Waals surface area contributed by atoms with Gasteiger partial charge in [-0.1, -0.05) is 0 Å². The summed E-state index contributed by atoms with van der Waals surface area (Å²) in [4.78, 5) is 12.0. The second-order valence-corrected chi connectivity index (χ2v) is 4.89. The van der Waals surface area contributed by atoms with Gasteiger partial charge in [0.25, 0.3) is 0 Å². The summed E-state index contributed by atoms with van der Waals surface area (Å²) < 4.78 is 10.1. The van der Waals surface area contributed by atoms with E-state index in [0.717, 1.165) is 12.1 Å². The van der Waals surface area contributed by atoms with Gasteiger partial charge in [0.2, 0.25) is 17.8 Å². The molecule has 1 aliphatic rings. The molecule has 0 spiro atoms. The minimum Gasteiger partial charge on any atom is -0.504 e. The van der Waals surface area contributed by atoms with E-state index in [4.69, 9.17) is 9.15 Å². The molecule has 8 heteroatoms. The molecule has 1 atom stereocenters. The molecule has 1 unspecified atom stereocenters. The minimum absolute atomic E-state index is 0.0524. The van der Waals surface area contributed by atoms with Gasteiger partial charge in [0, 0.05) is 16.3 Å². The Balaban J connectivity index is 2.42. The third-order valence-corrected chi connectivity index (χ3v) is 3.66. The molecule has 1 aromatic heterocycles. The highest BCUT2D eigenvalue weighted by Crippen LogP contribution is 2.51. The van der Waals surface area contributed by atoms with Gasteiger partial charge >= 0.3 is 5.63 Å². The van der Waals surface area contributed by atoms with Crippen molar-refractivity contribution in [2.75, 3.05) is 0 Å². The first-order valence-corrected chi connectivity index (χ1v) is 6.15. The van der Waals surface area contributed by atoms with Crippen molar-refractivity contribution in [3.05, 3.63) is 28.1 Å². The van der Waals surface area contributed by atoms with Crippen molar-refractivity contribution < 1.29 is 34.7 Å². The van der Waals surface area contributed by atoms with E-state index in [1.807, 2.05) is 0 Å². The van der Waals surface area contributed by atoms with Crippen LogP contribution in [-0.2, 0) is 0 Å². The summed E-state index contributed by atoms with van der Waals surface area (Å²) in [5.41, 5.74) is -1.20. The first kappa shape index (κ1) is 12.6. The van der Waals surface area contributed by atoms with E-state index in [0.29, 0.717) is 0 Å². The van der Waals surface area contributed by atoms with Gasteiger partial charge in [-0.2, -0.15) is 0 Å². The molecule has 0 amide bonds. The number of rotatable bonds is 0. The van der Waals surface area contributed by atoms with Crippen LogP contribution in [0.15, 0.2) is 21.3 Å². The van der Waals surface area contributed by atoms with Gasteiger partial charge in [0.05, 0.1) is 5.39 Å². The number of aliphatic hydroxyl groups is 1. The Bertz CT molecular complexity index is 1030. The maximum absolute atomic E-state index is 12.0. The Labute approximate surface area is 120 Å². The number of aliphatic hydroxyl groups excluding tert-OH is 1. The van der Waals surface area contributed by atoms with Gasteiger partial charge in [-0.3, -0.25) is 0 Å². The molecule has 5 N–H and O–H groups in total. The second-order valence-electron chi connectivity index (χ2n) is 4.89. The molecule has 3 aromatic rings. The Kier molecular flexibility index (Phi) is 2.14. The van der Waals surface area contributed by atoms with Crippen molar-refractivity contribution in [3.63, 3.8) is 0 Å². The van der Waals surface area contributed by atoms with Crippen molar-refractivity contribution in [3.8, 4) is 28.7 Å². The zero-order valence-electron chi connectivity index (χ0n) is 10.7. The lowest BCUT2D eigenvalue weighted by Gasteiger charge is -2.24. The Morgan fingerprint density at radius 3 is 2.36 bits per heavy atom. The van der Waals surface area contributed by atoms with Crippen molar-refractivity contribution in [1.82, 2.24) is 0 Å². The van der Waals surface area contributed by atoms with E-state index in [1.165, 1.54) is 0 Å². The summed E-state index contributed by atoms with van der Waals surface area (Å²) >= 11 is 0. The predicted octanol–water partition coefficient (Wildman–Crippen LogP) is 1.15. The fourth-order valence-corrected chi connectivity index (χ4v) is 2.69. The van der Waals surface area contributed by atoms with Crippen LogP contribution in [0, 0.1) is 0 Å². The van der Waals surface area contributed by atoms with E-state index in [2.05, 4.69) is 0 Å². The molecule has 2 heterocycles. The topological polar surface area (TPSA) is 141 Å². The molecule has 2 aromatic carbocycles. The van der Waals surface area contributed by atoms with E-state index >= 15 is 0 Å². The molecule has 1 aliphatic heterocycles. The van der Waals surface area contributed by atoms with Crippen LogP contribution in [-0.4, -0.2) is 25.5 Å². The Morgan fingerprint density at radius 1 is 0.955 bits per heavy atom. The largest absolute Gasteiger partial charge is 0.504 e. The molecule has 0 saturated heterocycles. The van der Waals surface area contributed by atoms with Gasteiger partial charge in [-0.25, -0.2) is 4.79 Å². The highest BCUT2D eigenvalue weighted by atomic mass is 16.6. The molecule has 8 nitrogen and oxygen atoms in total. The van der Waals surface area contributed by atoms with Gasteiger partial charge in [-0.15, -0.1) is 0 Å². The highest BCUT2D eigenvalue weighted by Gasteiger charge is 2.31. The number of hydrogen-bond donors (Lipinski definition) is 5. The zero-order chi connectivity index (χ0) is 15.8. The smallest absolute Gasteiger partial charge is 0.344 e. The molecule has 4 rings (SSSR count). The van der Waals surface area contributed by atoms with Crippen LogP contribution >= 0.6 is 0 Å². The first-order chi connectivity index (χ1) is 10.4. The third-order valence-electron chi connectivity index (χ3n) is 3.66. The van der Waals surface area contributed by atoms with Gasteiger partial charge in [-0.05, 0) is 12.1 Å². The van der Waals surface area contributed by atoms with E-state index in [1.54, 1.807) is 0 Å². The number of aromatic hydroxyl groups is 4. The summed E-state index contributed by atoms with van der Waals surface area (Å²) in [5, 5.41) is 49.1. The Hall–Kier alpha value is -3.13. The van der Waals surface area contributed by atoms with Crippen LogP contribution in [0.25, 0.3) is 21.7 Å². The Morgan fingerprint density at radius 2 is 1.64 bits per heavy atom. The average molecular weight is 304 g/mol. The number of hydrogen-bond acceptors (Lipinski definition) is 8. The van der Waals surface area contributed by atoms with Crippen LogP contribution in [0.3, 0.4) is 0 Å². The third kappa shape index (κ3) is 1.31. The number of phenolic OH excluding ortho intramolecular Hbond substituents is 4. The standard InChI is InChI=1S/C14H8O8/c15-5-1-3-7-8-4(14(20)22-11(7)9(5)17)2-6(16)10(18)12(8)21-13(3)19/h1-2,13,15-19H. The number of ether oxygens (including phenoxy) is 1. The van der Waals surface area contributed by atoms with Crippen LogP contribution < -0.4 is 10.4 Å². The SMILES string of the molecule is O=c1oc2c(O)c(O)cc3c2c2c(c(O)c(O)cc12)OC3O. The number of benzene rings is 2. The molecule has 0 saturated carbocycles. The minimum atomic E-state index is -1.59. The van der Waals surface area contributed by atoms with Crippen molar-refractivity contribution in [2.45, 2.75) is 6.29 Å².